The number of phosphoric ester groups is 1. The Kier molecular flexibility index (Phi) is 10.2. The summed E-state index contributed by atoms with van der Waals surface area (Å²) in [5.74, 6) is -0.594. The van der Waals surface area contributed by atoms with E-state index in [4.69, 9.17) is 40.9 Å². The van der Waals surface area contributed by atoms with Crippen molar-refractivity contribution in [2.45, 2.75) is 95.1 Å². The van der Waals surface area contributed by atoms with Crippen LogP contribution in [0.4, 0.5) is 5.95 Å². The van der Waals surface area contributed by atoms with Gasteiger partial charge >= 0.3 is 13.5 Å². The van der Waals surface area contributed by atoms with Crippen molar-refractivity contribution in [1.29, 1.82) is 0 Å². The van der Waals surface area contributed by atoms with Crippen molar-refractivity contribution in [3.63, 3.8) is 0 Å². The predicted molar refractivity (Wildman–Crippen MR) is 158 cm³/mol. The quantitative estimate of drug-likeness (QED) is 0.136. The Morgan fingerprint density at radius 2 is 1.98 bits per heavy atom. The van der Waals surface area contributed by atoms with E-state index in [-0.39, 0.29) is 27.6 Å². The highest BCUT2D eigenvalue weighted by molar-refractivity contribution is 7.71. The number of phosphoric acid groups is 1. The SMILES string of the molecule is Cc1cn([C@H]2C[C@H](O)[C@@H](COP(=O)(O)O[C@H]3[C@@H](O[Si](C)(C)C(C)(C)C)[C@H](c4cnc(N)[nH]c4=S)O[C@@H]3CO)O2)c(=O)nc1[O-]. The lowest BCUT2D eigenvalue weighted by Crippen LogP contribution is -2.48. The van der Waals surface area contributed by atoms with Crippen molar-refractivity contribution in [2.24, 2.45) is 0 Å². The molecule has 19 heteroatoms. The summed E-state index contributed by atoms with van der Waals surface area (Å²) in [5, 5.41) is 32.1. The van der Waals surface area contributed by atoms with Gasteiger partial charge in [-0.1, -0.05) is 33.0 Å². The number of hydrogen-bond donors (Lipinski definition) is 5. The first-order chi connectivity index (χ1) is 20.3. The molecule has 8 atom stereocenters. The molecule has 0 aromatic carbocycles. The lowest BCUT2D eigenvalue weighted by molar-refractivity contribution is -0.276. The average molecular weight is 677 g/mol. The summed E-state index contributed by atoms with van der Waals surface area (Å²) >= 11 is 5.44. The Bertz CT molecular complexity index is 1520. The first kappa shape index (κ1) is 34.8. The number of aliphatic hydroxyl groups is 2. The molecule has 2 fully saturated rings. The van der Waals surface area contributed by atoms with Crippen LogP contribution in [0.1, 0.15) is 50.7 Å². The van der Waals surface area contributed by atoms with E-state index in [0.717, 1.165) is 4.57 Å². The number of nitrogens with zero attached hydrogens (tertiary/aromatic N) is 3. The molecule has 2 aliphatic rings. The molecule has 2 saturated heterocycles. The van der Waals surface area contributed by atoms with E-state index < -0.39 is 83.8 Å². The molecule has 0 bridgehead atoms. The molecule has 0 aliphatic carbocycles. The van der Waals surface area contributed by atoms with E-state index in [1.807, 2.05) is 33.9 Å². The van der Waals surface area contributed by atoms with Crippen molar-refractivity contribution in [2.75, 3.05) is 18.9 Å². The molecule has 6 N–H and O–H groups in total. The number of nitrogen functional groups attached to an aromatic ring is 1. The van der Waals surface area contributed by atoms with Crippen LogP contribution in [0, 0.1) is 11.6 Å². The molecule has 16 nitrogen and oxygen atoms in total. The molecule has 4 rings (SSSR count). The maximum Gasteiger partial charge on any atom is 0.472 e. The zero-order chi connectivity index (χ0) is 32.8. The molecule has 0 spiro atoms. The molecule has 2 aromatic heterocycles. The third-order valence-corrected chi connectivity index (χ3v) is 13.9. The highest BCUT2D eigenvalue weighted by atomic mass is 32.1. The van der Waals surface area contributed by atoms with Gasteiger partial charge in [-0.2, -0.15) is 0 Å². The van der Waals surface area contributed by atoms with Gasteiger partial charge in [-0.3, -0.25) is 13.6 Å². The minimum atomic E-state index is -4.91. The zero-order valence-corrected chi connectivity index (χ0v) is 27.9. The van der Waals surface area contributed by atoms with E-state index in [0.29, 0.717) is 5.56 Å². The second kappa shape index (κ2) is 13.0. The maximum atomic E-state index is 13.3. The van der Waals surface area contributed by atoms with Gasteiger partial charge in [-0.05, 0) is 36.5 Å². The van der Waals surface area contributed by atoms with Gasteiger partial charge in [0, 0.05) is 24.4 Å². The van der Waals surface area contributed by atoms with Crippen LogP contribution in [-0.4, -0.2) is 86.7 Å². The summed E-state index contributed by atoms with van der Waals surface area (Å²) < 4.78 is 43.8. The van der Waals surface area contributed by atoms with E-state index >= 15 is 0 Å². The van der Waals surface area contributed by atoms with Crippen molar-refractivity contribution in [3.8, 4) is 5.88 Å². The van der Waals surface area contributed by atoms with Crippen molar-refractivity contribution in [1.82, 2.24) is 19.5 Å². The number of aryl methyl sites for hydroxylation is 1. The standard InChI is InChI=1S/C25H40N5O11PSSi/c1-12-9-30(24(34)28-21(12)33)17-7-14(32)16(38-17)11-37-42(35,36)40-19-15(10-31)39-18(13-8-27-23(26)29-22(13)43)20(19)41-44(5,6)25(2,3)4/h8-9,14-20,31-32H,7,10-11H2,1-6H3,(H,35,36)(H,28,33,34)(H3,26,27,29,43)/p-1/t14-,15+,16+,17+,18-,19+,20-/m0/s1. The Hall–Kier alpha value is -2.09. The topological polar surface area (TPSA) is 237 Å². The zero-order valence-electron chi connectivity index (χ0n) is 25.2. The molecular formula is C25H39N5O11PSSi-. The number of rotatable bonds is 10. The molecule has 246 valence electrons. The molecular weight excluding hydrogens is 637 g/mol. The van der Waals surface area contributed by atoms with E-state index in [9.17, 15) is 29.6 Å². The summed E-state index contributed by atoms with van der Waals surface area (Å²) in [7, 11) is -7.49. The van der Waals surface area contributed by atoms with Crippen molar-refractivity contribution >= 4 is 34.3 Å². The van der Waals surface area contributed by atoms with Crippen LogP contribution in [0.2, 0.25) is 18.1 Å². The van der Waals surface area contributed by atoms with E-state index in [2.05, 4.69) is 15.0 Å². The fraction of sp³-hybridized carbons (Fsp3) is 0.680. The maximum absolute atomic E-state index is 13.3. The van der Waals surface area contributed by atoms with Gasteiger partial charge in [-0.15, -0.1) is 0 Å². The van der Waals surface area contributed by atoms with Crippen LogP contribution in [0.25, 0.3) is 0 Å². The van der Waals surface area contributed by atoms with Crippen LogP contribution in [0.3, 0.4) is 0 Å². The first-order valence-corrected chi connectivity index (χ1v) is 18.7. The van der Waals surface area contributed by atoms with Gasteiger partial charge in [0.1, 0.15) is 41.4 Å². The number of anilines is 1. The number of nitrogens with one attached hydrogen (secondary N) is 1. The van der Waals surface area contributed by atoms with Gasteiger partial charge < -0.3 is 44.8 Å². The Labute approximate surface area is 259 Å². The molecule has 0 saturated carbocycles. The molecule has 0 amide bonds. The number of aromatic nitrogens is 4. The van der Waals surface area contributed by atoms with Gasteiger partial charge in [0.25, 0.3) is 0 Å². The third kappa shape index (κ3) is 7.47. The van der Waals surface area contributed by atoms with Gasteiger partial charge in [0.15, 0.2) is 14.3 Å². The van der Waals surface area contributed by atoms with Crippen LogP contribution in [0.5, 0.6) is 5.88 Å². The van der Waals surface area contributed by atoms with Crippen LogP contribution in [-0.2, 0) is 27.5 Å². The third-order valence-electron chi connectivity index (χ3n) is 8.14. The summed E-state index contributed by atoms with van der Waals surface area (Å²) in [6.45, 7) is 10.3. The fourth-order valence-corrected chi connectivity index (χ4v) is 7.19. The van der Waals surface area contributed by atoms with Gasteiger partial charge in [-0.25, -0.2) is 19.3 Å². The Balaban J connectivity index is 1.54. The van der Waals surface area contributed by atoms with Crippen molar-refractivity contribution in [3.05, 3.63) is 38.6 Å². The average Bonchev–Trinajstić information content (AvgIpc) is 3.43. The van der Waals surface area contributed by atoms with E-state index in [1.165, 1.54) is 19.3 Å². The normalized spacial score (nSPS) is 29.2. The summed E-state index contributed by atoms with van der Waals surface area (Å²) in [6.07, 6.45) is -5.03. The lowest BCUT2D eigenvalue weighted by atomic mass is 10.0. The van der Waals surface area contributed by atoms with Crippen LogP contribution >= 0.6 is 20.0 Å². The highest BCUT2D eigenvalue weighted by Gasteiger charge is 2.54. The highest BCUT2D eigenvalue weighted by Crippen LogP contribution is 2.52. The fourth-order valence-electron chi connectivity index (χ4n) is 4.66. The van der Waals surface area contributed by atoms with Crippen LogP contribution < -0.4 is 16.5 Å². The summed E-state index contributed by atoms with van der Waals surface area (Å²) in [4.78, 5) is 33.2. The molecule has 2 aromatic rings. The number of H-pyrrole nitrogens is 1. The monoisotopic (exact) mass is 676 g/mol. The number of hydrogen-bond acceptors (Lipinski definition) is 14. The largest absolute Gasteiger partial charge is 0.858 e. The minimum Gasteiger partial charge on any atom is -0.858 e. The molecule has 1 unspecified atom stereocenters. The molecule has 4 heterocycles. The molecule has 44 heavy (non-hydrogen) atoms. The summed E-state index contributed by atoms with van der Waals surface area (Å²) in [6, 6.07) is 0. The minimum absolute atomic E-state index is 0.0624. The summed E-state index contributed by atoms with van der Waals surface area (Å²) in [5.41, 5.74) is 5.46. The second-order valence-electron chi connectivity index (χ2n) is 12.4. The van der Waals surface area contributed by atoms with Crippen LogP contribution in [0.15, 0.2) is 17.2 Å². The van der Waals surface area contributed by atoms with E-state index in [1.54, 1.807) is 0 Å². The Morgan fingerprint density at radius 1 is 1.30 bits per heavy atom. The number of aliphatic hydroxyl groups excluding tert-OH is 2. The number of aromatic amines is 1. The van der Waals surface area contributed by atoms with Gasteiger partial charge in [0.2, 0.25) is 0 Å². The smallest absolute Gasteiger partial charge is 0.472 e. The Morgan fingerprint density at radius 3 is 2.59 bits per heavy atom. The number of ether oxygens (including phenoxy) is 2. The van der Waals surface area contributed by atoms with Crippen molar-refractivity contribution < 1.29 is 47.7 Å². The second-order valence-corrected chi connectivity index (χ2v) is 18.9. The lowest BCUT2D eigenvalue weighted by Gasteiger charge is -2.40. The predicted octanol–water partition coefficient (Wildman–Crippen LogP) is 1.33. The number of nitrogens with two attached hydrogens (primary N) is 1. The first-order valence-electron chi connectivity index (χ1n) is 13.9. The van der Waals surface area contributed by atoms with Gasteiger partial charge in [0.05, 0.1) is 19.3 Å². The molecule has 2 aliphatic heterocycles. The molecule has 0 radical (unpaired) electrons.